The maximum absolute atomic E-state index is 13.5. The van der Waals surface area contributed by atoms with E-state index in [-0.39, 0.29) is 17.2 Å². The predicted molar refractivity (Wildman–Crippen MR) is 136 cm³/mol. The average Bonchev–Trinajstić information content (AvgIpc) is 2.85. The van der Waals surface area contributed by atoms with Gasteiger partial charge in [0.1, 0.15) is 0 Å². The fourth-order valence-corrected chi connectivity index (χ4v) is 5.03. The summed E-state index contributed by atoms with van der Waals surface area (Å²) in [5.41, 5.74) is 3.46. The fourth-order valence-electron chi connectivity index (χ4n) is 3.14. The predicted octanol–water partition coefficient (Wildman–Crippen LogP) is 4.35. The lowest BCUT2D eigenvalue weighted by Crippen LogP contribution is -2.39. The van der Waals surface area contributed by atoms with Gasteiger partial charge in [-0.3, -0.25) is 4.79 Å². The van der Waals surface area contributed by atoms with Gasteiger partial charge in [-0.1, -0.05) is 59.6 Å². The van der Waals surface area contributed by atoms with Crippen LogP contribution in [0, 0.1) is 0 Å². The van der Waals surface area contributed by atoms with E-state index in [1.165, 1.54) is 38.6 Å². The van der Waals surface area contributed by atoms with Crippen LogP contribution in [0.1, 0.15) is 11.1 Å². The highest BCUT2D eigenvalue weighted by molar-refractivity contribution is 7.89. The van der Waals surface area contributed by atoms with Crippen LogP contribution in [0.15, 0.2) is 76.7 Å². The van der Waals surface area contributed by atoms with Crippen LogP contribution >= 0.6 is 23.2 Å². The number of hydrogen-bond donors (Lipinski definition) is 1. The molecule has 0 aliphatic heterocycles. The first-order valence-electron chi connectivity index (χ1n) is 10.3. The maximum Gasteiger partial charge on any atom is 0.255 e. The van der Waals surface area contributed by atoms with Crippen LogP contribution in [0.2, 0.25) is 10.0 Å². The van der Waals surface area contributed by atoms with Gasteiger partial charge in [0.15, 0.2) is 11.5 Å². The molecule has 0 atom stereocenters. The summed E-state index contributed by atoms with van der Waals surface area (Å²) >= 11 is 12.2. The molecule has 8 nitrogen and oxygen atoms in total. The van der Waals surface area contributed by atoms with E-state index in [9.17, 15) is 13.2 Å². The van der Waals surface area contributed by atoms with Gasteiger partial charge < -0.3 is 9.47 Å². The largest absolute Gasteiger partial charge is 0.493 e. The van der Waals surface area contributed by atoms with Gasteiger partial charge in [-0.05, 0) is 29.8 Å². The summed E-state index contributed by atoms with van der Waals surface area (Å²) in [4.78, 5) is 12.6. The molecular formula is C24H23Cl2N3O5S. The number of methoxy groups -OCH3 is 2. The van der Waals surface area contributed by atoms with Crippen molar-refractivity contribution in [2.75, 3.05) is 20.8 Å². The van der Waals surface area contributed by atoms with Crippen LogP contribution in [0.3, 0.4) is 0 Å². The van der Waals surface area contributed by atoms with E-state index >= 15 is 0 Å². The zero-order valence-electron chi connectivity index (χ0n) is 18.9. The van der Waals surface area contributed by atoms with E-state index in [1.54, 1.807) is 42.5 Å². The highest BCUT2D eigenvalue weighted by Crippen LogP contribution is 2.31. The number of nitrogens with one attached hydrogen (secondary N) is 1. The third-order valence-corrected chi connectivity index (χ3v) is 7.34. The van der Waals surface area contributed by atoms with Crippen molar-refractivity contribution < 1.29 is 22.7 Å². The molecule has 0 fully saturated rings. The third kappa shape index (κ3) is 6.73. The van der Waals surface area contributed by atoms with E-state index in [0.29, 0.717) is 26.9 Å². The Morgan fingerprint density at radius 2 is 1.63 bits per heavy atom. The molecule has 0 aliphatic carbocycles. The molecule has 0 aliphatic rings. The molecule has 0 heterocycles. The van der Waals surface area contributed by atoms with Gasteiger partial charge >= 0.3 is 0 Å². The number of hydrazone groups is 1. The van der Waals surface area contributed by atoms with E-state index in [4.69, 9.17) is 32.7 Å². The van der Waals surface area contributed by atoms with Crippen molar-refractivity contribution in [3.63, 3.8) is 0 Å². The summed E-state index contributed by atoms with van der Waals surface area (Å²) < 4.78 is 38.5. The van der Waals surface area contributed by atoms with Gasteiger partial charge in [0.2, 0.25) is 10.0 Å². The van der Waals surface area contributed by atoms with Crippen molar-refractivity contribution >= 4 is 45.3 Å². The quantitative estimate of drug-likeness (QED) is 0.307. The number of nitrogens with zero attached hydrogens (tertiary/aromatic N) is 2. The van der Waals surface area contributed by atoms with Crippen molar-refractivity contribution in [3.8, 4) is 11.5 Å². The number of halogens is 2. The van der Waals surface area contributed by atoms with Crippen LogP contribution < -0.4 is 14.9 Å². The average molecular weight is 536 g/mol. The minimum atomic E-state index is -4.10. The third-order valence-electron chi connectivity index (χ3n) is 4.90. The summed E-state index contributed by atoms with van der Waals surface area (Å²) in [6, 6.07) is 18.1. The summed E-state index contributed by atoms with van der Waals surface area (Å²) in [7, 11) is -1.24. The minimum Gasteiger partial charge on any atom is -0.493 e. The molecule has 3 aromatic carbocycles. The molecule has 0 unspecified atom stereocenters. The summed E-state index contributed by atoms with van der Waals surface area (Å²) in [6.45, 7) is -0.524. The second-order valence-corrected chi connectivity index (χ2v) is 9.96. The molecule has 1 amide bonds. The Hall–Kier alpha value is -3.11. The summed E-state index contributed by atoms with van der Waals surface area (Å²) in [5, 5.41) is 4.59. The smallest absolute Gasteiger partial charge is 0.255 e. The molecule has 0 radical (unpaired) electrons. The van der Waals surface area contributed by atoms with Gasteiger partial charge in [-0.2, -0.15) is 9.41 Å². The van der Waals surface area contributed by atoms with E-state index in [1.807, 2.05) is 6.07 Å². The standard InChI is InChI=1S/C24H23Cl2N3O5S/c1-33-22-12-11-18(13-23(22)34-2)35(31,32)29(15-17-7-4-3-5-8-17)16-24(30)28-27-14-19-20(25)9-6-10-21(19)26/h3-14H,15-16H2,1-2H3,(H,28,30)/b27-14-. The topological polar surface area (TPSA) is 97.3 Å². The zero-order valence-corrected chi connectivity index (χ0v) is 21.3. The number of benzene rings is 3. The molecule has 3 rings (SSSR count). The summed E-state index contributed by atoms with van der Waals surface area (Å²) in [6.07, 6.45) is 1.30. The first-order chi connectivity index (χ1) is 16.8. The number of hydrogen-bond acceptors (Lipinski definition) is 6. The molecule has 0 saturated heterocycles. The Labute approximate surface area is 214 Å². The van der Waals surface area contributed by atoms with Crippen LogP contribution in [0.25, 0.3) is 0 Å². The van der Waals surface area contributed by atoms with Crippen molar-refractivity contribution in [2.24, 2.45) is 5.10 Å². The molecule has 0 saturated carbocycles. The summed E-state index contributed by atoms with van der Waals surface area (Å²) in [5.74, 6) is -0.0188. The van der Waals surface area contributed by atoms with Crippen LogP contribution in [-0.2, 0) is 21.4 Å². The molecule has 1 N–H and O–H groups in total. The highest BCUT2D eigenvalue weighted by atomic mass is 35.5. The second kappa shape index (κ2) is 12.0. The molecule has 0 spiro atoms. The first-order valence-corrected chi connectivity index (χ1v) is 12.5. The number of sulfonamides is 1. The van der Waals surface area contributed by atoms with Gasteiger partial charge in [-0.25, -0.2) is 13.8 Å². The fraction of sp³-hybridized carbons (Fsp3) is 0.167. The number of carbonyl (C=O) groups is 1. The number of carbonyl (C=O) groups excluding carboxylic acids is 1. The lowest BCUT2D eigenvalue weighted by Gasteiger charge is -2.22. The van der Waals surface area contributed by atoms with Gasteiger partial charge in [-0.15, -0.1) is 0 Å². The highest BCUT2D eigenvalue weighted by Gasteiger charge is 2.28. The minimum absolute atomic E-state index is 0.0367. The van der Waals surface area contributed by atoms with Gasteiger partial charge in [0.05, 0.1) is 41.9 Å². The molecule has 3 aromatic rings. The molecule has 35 heavy (non-hydrogen) atoms. The van der Waals surface area contributed by atoms with E-state index in [0.717, 1.165) is 4.31 Å². The molecule has 0 aromatic heterocycles. The molecule has 11 heteroatoms. The zero-order chi connectivity index (χ0) is 25.4. The Morgan fingerprint density at radius 3 is 2.26 bits per heavy atom. The van der Waals surface area contributed by atoms with Crippen molar-refractivity contribution in [1.82, 2.24) is 9.73 Å². The van der Waals surface area contributed by atoms with Gasteiger partial charge in [0, 0.05) is 18.2 Å². The van der Waals surface area contributed by atoms with Crippen LogP contribution in [0.5, 0.6) is 11.5 Å². The lowest BCUT2D eigenvalue weighted by atomic mass is 10.2. The monoisotopic (exact) mass is 535 g/mol. The molecule has 184 valence electrons. The van der Waals surface area contributed by atoms with Gasteiger partial charge in [0.25, 0.3) is 5.91 Å². The molecule has 0 bridgehead atoms. The Morgan fingerprint density at radius 1 is 0.971 bits per heavy atom. The normalized spacial score (nSPS) is 11.6. The Bertz CT molecular complexity index is 1300. The first kappa shape index (κ1) is 26.5. The van der Waals surface area contributed by atoms with E-state index < -0.39 is 22.5 Å². The molecular weight excluding hydrogens is 513 g/mol. The van der Waals surface area contributed by atoms with Crippen LogP contribution in [0.4, 0.5) is 0 Å². The van der Waals surface area contributed by atoms with Crippen molar-refractivity contribution in [1.29, 1.82) is 0 Å². The Kier molecular flexibility index (Phi) is 9.11. The lowest BCUT2D eigenvalue weighted by molar-refractivity contribution is -0.121. The van der Waals surface area contributed by atoms with E-state index in [2.05, 4.69) is 10.5 Å². The number of ether oxygens (including phenoxy) is 2. The maximum atomic E-state index is 13.5. The second-order valence-electron chi connectivity index (χ2n) is 7.20. The SMILES string of the molecule is COc1ccc(S(=O)(=O)N(CC(=O)N/N=C\c2c(Cl)cccc2Cl)Cc2ccccc2)cc1OC. The Balaban J connectivity index is 1.85. The number of amides is 1. The van der Waals surface area contributed by atoms with Crippen molar-refractivity contribution in [2.45, 2.75) is 11.4 Å². The van der Waals surface area contributed by atoms with Crippen molar-refractivity contribution in [3.05, 3.63) is 87.9 Å². The van der Waals surface area contributed by atoms with Crippen LogP contribution in [-0.4, -0.2) is 45.6 Å². The number of rotatable bonds is 10.